The smallest absolute Gasteiger partial charge is 0.123 e. The van der Waals surface area contributed by atoms with Gasteiger partial charge in [0.2, 0.25) is 0 Å². The number of nitrogens with one attached hydrogen (secondary N) is 1. The average molecular weight is 263 g/mol. The predicted molar refractivity (Wildman–Crippen MR) is 77.7 cm³/mol. The molecule has 1 aliphatic rings. The quantitative estimate of drug-likeness (QED) is 0.828. The third kappa shape index (κ3) is 4.51. The van der Waals surface area contributed by atoms with Gasteiger partial charge in [0.25, 0.3) is 0 Å². The zero-order valence-electron chi connectivity index (χ0n) is 12.1. The summed E-state index contributed by atoms with van der Waals surface area (Å²) in [5.41, 5.74) is 1.23. The Morgan fingerprint density at radius 2 is 2.00 bits per heavy atom. The van der Waals surface area contributed by atoms with Crippen molar-refractivity contribution in [2.75, 3.05) is 13.2 Å². The van der Waals surface area contributed by atoms with Gasteiger partial charge in [-0.1, -0.05) is 39.0 Å². The number of hydrogen-bond acceptors (Lipinski definition) is 3. The lowest BCUT2D eigenvalue weighted by atomic mass is 9.86. The Bertz CT molecular complexity index is 407. The van der Waals surface area contributed by atoms with E-state index in [2.05, 4.69) is 32.2 Å². The van der Waals surface area contributed by atoms with Gasteiger partial charge in [0.1, 0.15) is 18.5 Å². The number of aliphatic hydroxyl groups is 1. The molecule has 0 aromatic heterocycles. The summed E-state index contributed by atoms with van der Waals surface area (Å²) in [7, 11) is 0. The monoisotopic (exact) mass is 263 g/mol. The number of aliphatic hydroxyl groups excluding tert-OH is 1. The van der Waals surface area contributed by atoms with Crippen LogP contribution in [0.2, 0.25) is 0 Å². The summed E-state index contributed by atoms with van der Waals surface area (Å²) in [6.07, 6.45) is 2.02. The molecule has 3 nitrogen and oxygen atoms in total. The van der Waals surface area contributed by atoms with Gasteiger partial charge in [0.15, 0.2) is 0 Å². The van der Waals surface area contributed by atoms with E-state index in [1.54, 1.807) is 0 Å². The summed E-state index contributed by atoms with van der Waals surface area (Å²) in [6.45, 7) is 7.45. The zero-order valence-corrected chi connectivity index (χ0v) is 12.1. The lowest BCUT2D eigenvalue weighted by Gasteiger charge is -2.23. The first-order chi connectivity index (χ1) is 8.97. The van der Waals surface area contributed by atoms with Crippen molar-refractivity contribution in [2.24, 2.45) is 0 Å². The lowest BCUT2D eigenvalue weighted by molar-refractivity contribution is 0.105. The first-order valence-corrected chi connectivity index (χ1v) is 7.10. The molecule has 2 N–H and O–H groups in total. The van der Waals surface area contributed by atoms with Crippen LogP contribution in [0, 0.1) is 0 Å². The van der Waals surface area contributed by atoms with Crippen LogP contribution in [-0.2, 0) is 5.41 Å². The van der Waals surface area contributed by atoms with E-state index in [0.717, 1.165) is 5.75 Å². The van der Waals surface area contributed by atoms with E-state index >= 15 is 0 Å². The third-order valence-electron chi connectivity index (χ3n) is 3.35. The Kier molecular flexibility index (Phi) is 4.48. The Morgan fingerprint density at radius 3 is 2.63 bits per heavy atom. The van der Waals surface area contributed by atoms with Gasteiger partial charge in [-0.25, -0.2) is 0 Å². The van der Waals surface area contributed by atoms with Crippen molar-refractivity contribution in [3.63, 3.8) is 0 Å². The molecule has 0 heterocycles. The van der Waals surface area contributed by atoms with Crippen molar-refractivity contribution in [1.82, 2.24) is 5.32 Å². The summed E-state index contributed by atoms with van der Waals surface area (Å²) >= 11 is 0. The van der Waals surface area contributed by atoms with Gasteiger partial charge in [-0.15, -0.1) is 0 Å². The normalized spacial score (nSPS) is 17.3. The fraction of sp³-hybridized carbons (Fsp3) is 0.625. The summed E-state index contributed by atoms with van der Waals surface area (Å²) in [4.78, 5) is 0. The minimum absolute atomic E-state index is 0.0494. The SMILES string of the molecule is CC(C)(C)c1ccccc1OCC(O)CNC1CC1. The molecule has 0 saturated heterocycles. The molecule has 1 saturated carbocycles. The fourth-order valence-corrected chi connectivity index (χ4v) is 2.05. The van der Waals surface area contributed by atoms with E-state index < -0.39 is 6.10 Å². The van der Waals surface area contributed by atoms with Crippen LogP contribution in [0.25, 0.3) is 0 Å². The van der Waals surface area contributed by atoms with Crippen LogP contribution in [0.5, 0.6) is 5.75 Å². The zero-order chi connectivity index (χ0) is 13.9. The molecule has 0 radical (unpaired) electrons. The van der Waals surface area contributed by atoms with E-state index in [9.17, 15) is 5.11 Å². The van der Waals surface area contributed by atoms with Crippen LogP contribution in [-0.4, -0.2) is 30.4 Å². The summed E-state index contributed by atoms with van der Waals surface area (Å²) < 4.78 is 5.79. The molecule has 0 aliphatic heterocycles. The van der Waals surface area contributed by atoms with Gasteiger partial charge < -0.3 is 15.2 Å². The van der Waals surface area contributed by atoms with Crippen LogP contribution in [0.3, 0.4) is 0 Å². The molecular weight excluding hydrogens is 238 g/mol. The predicted octanol–water partition coefficient (Wildman–Crippen LogP) is 2.48. The molecule has 1 aromatic rings. The van der Waals surface area contributed by atoms with Gasteiger partial charge >= 0.3 is 0 Å². The minimum Gasteiger partial charge on any atom is -0.491 e. The number of hydrogen-bond donors (Lipinski definition) is 2. The molecule has 0 amide bonds. The topological polar surface area (TPSA) is 41.5 Å². The van der Waals surface area contributed by atoms with Crippen LogP contribution < -0.4 is 10.1 Å². The highest BCUT2D eigenvalue weighted by molar-refractivity contribution is 5.38. The first-order valence-electron chi connectivity index (χ1n) is 7.10. The third-order valence-corrected chi connectivity index (χ3v) is 3.35. The Hall–Kier alpha value is -1.06. The highest BCUT2D eigenvalue weighted by atomic mass is 16.5. The first kappa shape index (κ1) is 14.4. The second kappa shape index (κ2) is 5.93. The van der Waals surface area contributed by atoms with Crippen LogP contribution >= 0.6 is 0 Å². The van der Waals surface area contributed by atoms with Crippen molar-refractivity contribution >= 4 is 0 Å². The highest BCUT2D eigenvalue weighted by Crippen LogP contribution is 2.30. The number of rotatable bonds is 6. The van der Waals surface area contributed by atoms with Gasteiger partial charge in [-0.3, -0.25) is 0 Å². The van der Waals surface area contributed by atoms with E-state index in [-0.39, 0.29) is 5.41 Å². The lowest BCUT2D eigenvalue weighted by Crippen LogP contribution is -2.32. The summed E-state index contributed by atoms with van der Waals surface area (Å²) in [6, 6.07) is 8.68. The molecule has 106 valence electrons. The van der Waals surface area contributed by atoms with E-state index in [1.165, 1.54) is 18.4 Å². The standard InChI is InChI=1S/C16H25NO2/c1-16(2,3)14-6-4-5-7-15(14)19-11-13(18)10-17-12-8-9-12/h4-7,12-13,17-18H,8-11H2,1-3H3. The molecule has 1 atom stereocenters. The number of para-hydroxylation sites is 1. The molecule has 2 rings (SSSR count). The van der Waals surface area contributed by atoms with E-state index in [4.69, 9.17) is 4.74 Å². The maximum absolute atomic E-state index is 9.89. The largest absolute Gasteiger partial charge is 0.491 e. The van der Waals surface area contributed by atoms with Crippen LogP contribution in [0.1, 0.15) is 39.2 Å². The van der Waals surface area contributed by atoms with Crippen LogP contribution in [0.15, 0.2) is 24.3 Å². The van der Waals surface area contributed by atoms with Crippen LogP contribution in [0.4, 0.5) is 0 Å². The van der Waals surface area contributed by atoms with Crippen molar-refractivity contribution in [3.8, 4) is 5.75 Å². The Balaban J connectivity index is 1.87. The van der Waals surface area contributed by atoms with Crippen molar-refractivity contribution < 1.29 is 9.84 Å². The van der Waals surface area contributed by atoms with E-state index in [0.29, 0.717) is 19.2 Å². The number of ether oxygens (including phenoxy) is 1. The number of benzene rings is 1. The Labute approximate surface area is 116 Å². The molecule has 1 fully saturated rings. The van der Waals surface area contributed by atoms with Gasteiger partial charge in [-0.05, 0) is 29.9 Å². The second-order valence-corrected chi connectivity index (χ2v) is 6.39. The maximum Gasteiger partial charge on any atom is 0.123 e. The molecule has 19 heavy (non-hydrogen) atoms. The van der Waals surface area contributed by atoms with Gasteiger partial charge in [-0.2, -0.15) is 0 Å². The second-order valence-electron chi connectivity index (χ2n) is 6.39. The summed E-state index contributed by atoms with van der Waals surface area (Å²) in [5, 5.41) is 13.2. The van der Waals surface area contributed by atoms with Crippen molar-refractivity contribution in [2.45, 2.75) is 51.2 Å². The Morgan fingerprint density at radius 1 is 1.32 bits per heavy atom. The van der Waals surface area contributed by atoms with Gasteiger partial charge in [0.05, 0.1) is 0 Å². The summed E-state index contributed by atoms with van der Waals surface area (Å²) in [5.74, 6) is 0.875. The highest BCUT2D eigenvalue weighted by Gasteiger charge is 2.22. The minimum atomic E-state index is -0.450. The molecular formula is C16H25NO2. The average Bonchev–Trinajstić information content (AvgIpc) is 3.17. The molecule has 1 aromatic carbocycles. The van der Waals surface area contributed by atoms with Gasteiger partial charge in [0, 0.05) is 12.6 Å². The van der Waals surface area contributed by atoms with Crippen molar-refractivity contribution in [1.29, 1.82) is 0 Å². The van der Waals surface area contributed by atoms with E-state index in [1.807, 2.05) is 18.2 Å². The van der Waals surface area contributed by atoms with Crippen molar-refractivity contribution in [3.05, 3.63) is 29.8 Å². The maximum atomic E-state index is 9.89. The molecule has 1 aliphatic carbocycles. The fourth-order valence-electron chi connectivity index (χ4n) is 2.05. The molecule has 3 heteroatoms. The molecule has 0 spiro atoms. The molecule has 0 bridgehead atoms. The molecule has 1 unspecified atom stereocenters.